The zero-order chi connectivity index (χ0) is 32.0. The Balaban J connectivity index is 1.26. The molecule has 0 aliphatic carbocycles. The average molecular weight is 692 g/mol. The summed E-state index contributed by atoms with van der Waals surface area (Å²) in [6.45, 7) is 0.516. The van der Waals surface area contributed by atoms with Gasteiger partial charge in [-0.1, -0.05) is 0 Å². The van der Waals surface area contributed by atoms with Crippen LogP contribution in [0.5, 0.6) is 5.75 Å². The molecule has 0 unspecified atom stereocenters. The van der Waals surface area contributed by atoms with E-state index in [1.807, 2.05) is 0 Å². The largest absolute Gasteiger partial charge is 0.465 e. The SMILES string of the molecule is COC(=O)c1cc(OCCCCCCCCCCP(Br)(c2ccccc2)(c2ccccc2)c2ccccc2)cc(C(=O)OC)c1. The number of carbonyl (C=O) groups is 2. The van der Waals surface area contributed by atoms with E-state index in [1.54, 1.807) is 12.1 Å². The van der Waals surface area contributed by atoms with Gasteiger partial charge in [0.1, 0.15) is 0 Å². The van der Waals surface area contributed by atoms with Gasteiger partial charge in [0.05, 0.1) is 25.3 Å². The molecule has 4 aromatic carbocycles. The summed E-state index contributed by atoms with van der Waals surface area (Å²) in [5, 5.41) is 1.29. The Kier molecular flexibility index (Phi) is 12.8. The van der Waals surface area contributed by atoms with E-state index >= 15 is 0 Å². The van der Waals surface area contributed by atoms with Crippen LogP contribution in [-0.2, 0) is 9.47 Å². The van der Waals surface area contributed by atoms with Crippen LogP contribution in [0.25, 0.3) is 0 Å². The first-order valence-electron chi connectivity index (χ1n) is 15.7. The molecule has 0 aliphatic rings. The van der Waals surface area contributed by atoms with Crippen LogP contribution in [-0.4, -0.2) is 38.9 Å². The molecule has 0 bridgehead atoms. The van der Waals surface area contributed by atoms with Crippen molar-refractivity contribution in [1.82, 2.24) is 0 Å². The molecule has 238 valence electrons. The number of methoxy groups -OCH3 is 2. The summed E-state index contributed by atoms with van der Waals surface area (Å²) in [7, 11) is 2.61. The molecule has 0 atom stereocenters. The number of halogens is 1. The predicted octanol–water partition coefficient (Wildman–Crippen LogP) is 8.60. The molecule has 7 heteroatoms. The molecular formula is C38H44BrO5P. The van der Waals surface area contributed by atoms with E-state index in [0.29, 0.717) is 12.4 Å². The minimum Gasteiger partial charge on any atom is -0.465 e. The van der Waals surface area contributed by atoms with Crippen molar-refractivity contribution < 1.29 is 23.8 Å². The van der Waals surface area contributed by atoms with Crippen molar-refractivity contribution in [3.8, 4) is 5.75 Å². The molecule has 0 saturated carbocycles. The summed E-state index contributed by atoms with van der Waals surface area (Å²) in [5.74, 6) is -0.584. The van der Waals surface area contributed by atoms with Gasteiger partial charge in [-0.05, 0) is 18.2 Å². The van der Waals surface area contributed by atoms with Crippen molar-refractivity contribution in [2.75, 3.05) is 27.0 Å². The number of rotatable bonds is 17. The Hall–Kier alpha value is -3.47. The topological polar surface area (TPSA) is 61.8 Å². The van der Waals surface area contributed by atoms with Crippen molar-refractivity contribution in [3.63, 3.8) is 0 Å². The quantitative estimate of drug-likeness (QED) is 0.0631. The molecule has 0 N–H and O–H groups in total. The maximum atomic E-state index is 12.0. The standard InChI is InChI=1S/C38H44BrO5P/c1-42-37(40)31-28-32(38(41)43-2)30-33(29-31)44-26-18-7-5-3-4-6-8-19-27-45(39,34-20-12-9-13-21-34,35-22-14-10-15-23-35)36-24-16-11-17-25-36/h9-17,20-25,28-30H,3-8,18-19,26-27H2,1-2H3. The second-order valence-electron chi connectivity index (χ2n) is 11.3. The zero-order valence-corrected chi connectivity index (χ0v) is 28.8. The van der Waals surface area contributed by atoms with Gasteiger partial charge in [0.2, 0.25) is 0 Å². The molecule has 0 amide bonds. The number of unbranched alkanes of at least 4 members (excludes halogenated alkanes) is 7. The molecular weight excluding hydrogens is 647 g/mol. The summed E-state index contributed by atoms with van der Waals surface area (Å²) in [6, 6.07) is 37.7. The molecule has 0 saturated heterocycles. The molecule has 4 rings (SSSR count). The molecule has 0 radical (unpaired) electrons. The van der Waals surface area contributed by atoms with Crippen molar-refractivity contribution in [2.24, 2.45) is 0 Å². The van der Waals surface area contributed by atoms with Crippen LogP contribution in [0.1, 0.15) is 72.1 Å². The Morgan fingerprint density at radius 2 is 0.933 bits per heavy atom. The third kappa shape index (κ3) is 8.42. The van der Waals surface area contributed by atoms with Crippen molar-refractivity contribution in [1.29, 1.82) is 0 Å². The number of ether oxygens (including phenoxy) is 3. The van der Waals surface area contributed by atoms with E-state index in [-0.39, 0.29) is 11.1 Å². The minimum atomic E-state index is -2.83. The summed E-state index contributed by atoms with van der Waals surface area (Å²) in [6.07, 6.45) is 10.2. The molecule has 0 heterocycles. The molecule has 0 aliphatic heterocycles. The smallest absolute Gasteiger partial charge is 0.338 e. The second-order valence-corrected chi connectivity index (χ2v) is 20.4. The fraction of sp³-hybridized carbons (Fsp3) is 0.316. The van der Waals surface area contributed by atoms with E-state index in [2.05, 4.69) is 106 Å². The Morgan fingerprint density at radius 3 is 1.33 bits per heavy atom. The molecule has 4 aromatic rings. The number of benzene rings is 4. The van der Waals surface area contributed by atoms with E-state index in [1.165, 1.54) is 61.9 Å². The molecule has 45 heavy (non-hydrogen) atoms. The van der Waals surface area contributed by atoms with Crippen LogP contribution in [0.4, 0.5) is 0 Å². The van der Waals surface area contributed by atoms with Gasteiger partial charge in [-0.3, -0.25) is 0 Å². The van der Waals surface area contributed by atoms with Gasteiger partial charge >= 0.3 is 214 Å². The first-order chi connectivity index (χ1) is 21.9. The fourth-order valence-electron chi connectivity index (χ4n) is 5.97. The molecule has 0 aromatic heterocycles. The zero-order valence-electron chi connectivity index (χ0n) is 26.3. The van der Waals surface area contributed by atoms with Gasteiger partial charge in [0.15, 0.2) is 0 Å². The molecule has 5 nitrogen and oxygen atoms in total. The summed E-state index contributed by atoms with van der Waals surface area (Å²) < 4.78 is 15.5. The van der Waals surface area contributed by atoms with E-state index in [4.69, 9.17) is 14.2 Å². The van der Waals surface area contributed by atoms with Crippen molar-refractivity contribution in [2.45, 2.75) is 51.4 Å². The third-order valence-electron chi connectivity index (χ3n) is 8.37. The van der Waals surface area contributed by atoms with E-state index < -0.39 is 17.2 Å². The summed E-state index contributed by atoms with van der Waals surface area (Å²) >= 11 is 4.55. The summed E-state index contributed by atoms with van der Waals surface area (Å²) in [5.41, 5.74) is 0.523. The monoisotopic (exact) mass is 690 g/mol. The van der Waals surface area contributed by atoms with Gasteiger partial charge in [0, 0.05) is 0 Å². The maximum absolute atomic E-state index is 12.0. The van der Waals surface area contributed by atoms with Gasteiger partial charge < -0.3 is 9.47 Å². The Bertz CT molecular complexity index is 1380. The van der Waals surface area contributed by atoms with Crippen LogP contribution in [0, 0.1) is 0 Å². The van der Waals surface area contributed by atoms with Gasteiger partial charge in [0.25, 0.3) is 0 Å². The predicted molar refractivity (Wildman–Crippen MR) is 190 cm³/mol. The first-order valence-corrected chi connectivity index (χ1v) is 20.2. The Morgan fingerprint density at radius 1 is 0.556 bits per heavy atom. The average Bonchev–Trinajstić information content (AvgIpc) is 3.10. The van der Waals surface area contributed by atoms with Gasteiger partial charge in [-0.25, -0.2) is 9.59 Å². The Labute approximate surface area is 276 Å². The number of hydrogen-bond acceptors (Lipinski definition) is 5. The van der Waals surface area contributed by atoms with Crippen LogP contribution >= 0.6 is 20.8 Å². The second kappa shape index (κ2) is 16.7. The summed E-state index contributed by atoms with van der Waals surface area (Å²) in [4.78, 5) is 24.0. The maximum Gasteiger partial charge on any atom is 0.338 e. The molecule has 0 fully saturated rings. The fourth-order valence-corrected chi connectivity index (χ4v) is 13.7. The minimum absolute atomic E-state index is 0.261. The number of carbonyl (C=O) groups excluding carboxylic acids is 2. The van der Waals surface area contributed by atoms with E-state index in [9.17, 15) is 9.59 Å². The van der Waals surface area contributed by atoms with Crippen LogP contribution in [0.15, 0.2) is 109 Å². The third-order valence-corrected chi connectivity index (χ3v) is 18.4. The van der Waals surface area contributed by atoms with Gasteiger partial charge in [-0.2, -0.15) is 0 Å². The van der Waals surface area contributed by atoms with Gasteiger partial charge in [-0.15, -0.1) is 0 Å². The normalized spacial score (nSPS) is 12.1. The van der Waals surface area contributed by atoms with E-state index in [0.717, 1.165) is 31.8 Å². The van der Waals surface area contributed by atoms with Crippen LogP contribution in [0.3, 0.4) is 0 Å². The first kappa shape index (κ1) is 34.4. The molecule has 0 spiro atoms. The van der Waals surface area contributed by atoms with Crippen LogP contribution in [0.2, 0.25) is 0 Å². The van der Waals surface area contributed by atoms with Crippen molar-refractivity contribution >= 4 is 48.6 Å². The van der Waals surface area contributed by atoms with Crippen molar-refractivity contribution in [3.05, 3.63) is 120 Å². The van der Waals surface area contributed by atoms with Crippen LogP contribution < -0.4 is 20.7 Å². The number of esters is 2. The number of hydrogen-bond donors (Lipinski definition) is 0.